The minimum atomic E-state index is -3.57. The normalized spacial score (nSPS) is 19.5. The van der Waals surface area contributed by atoms with Crippen molar-refractivity contribution in [3.8, 4) is 0 Å². The SMILES string of the molecule is CC(C)S(=O)(=O)NC1CCN(C(=O)Nc2cccc(S(=O)(=O)N3CCCCC3)c2)CC1. The van der Waals surface area contributed by atoms with E-state index >= 15 is 0 Å². The van der Waals surface area contributed by atoms with Crippen molar-refractivity contribution in [3.63, 3.8) is 0 Å². The number of hydrogen-bond donors (Lipinski definition) is 2. The molecule has 174 valence electrons. The first kappa shape index (κ1) is 24.0. The Hall–Kier alpha value is -1.69. The number of amides is 2. The van der Waals surface area contributed by atoms with Crippen LogP contribution in [0.4, 0.5) is 10.5 Å². The number of rotatable bonds is 6. The Morgan fingerprint density at radius 3 is 2.26 bits per heavy atom. The van der Waals surface area contributed by atoms with Crippen LogP contribution in [0.25, 0.3) is 0 Å². The Bertz CT molecular complexity index is 981. The first-order valence-corrected chi connectivity index (χ1v) is 13.8. The first-order valence-electron chi connectivity index (χ1n) is 10.8. The van der Waals surface area contributed by atoms with E-state index in [4.69, 9.17) is 0 Å². The Balaban J connectivity index is 1.59. The van der Waals surface area contributed by atoms with Gasteiger partial charge in [-0.05, 0) is 57.7 Å². The molecule has 11 heteroatoms. The van der Waals surface area contributed by atoms with E-state index in [1.54, 1.807) is 36.9 Å². The predicted octanol–water partition coefficient (Wildman–Crippen LogP) is 2.19. The zero-order valence-corrected chi connectivity index (χ0v) is 19.7. The zero-order chi connectivity index (χ0) is 22.6. The number of anilines is 1. The second kappa shape index (κ2) is 9.85. The Morgan fingerprint density at radius 1 is 1.00 bits per heavy atom. The summed E-state index contributed by atoms with van der Waals surface area (Å²) < 4.78 is 54.0. The standard InChI is InChI=1S/C20H32N4O5S2/c1-16(2)30(26,27)22-17-9-13-23(14-10-17)20(25)21-18-7-6-8-19(15-18)31(28,29)24-11-4-3-5-12-24/h6-8,15-17,22H,3-5,9-14H2,1-2H3,(H,21,25). The van der Waals surface area contributed by atoms with Crippen LogP contribution in [-0.2, 0) is 20.0 Å². The molecule has 2 aliphatic heterocycles. The summed E-state index contributed by atoms with van der Waals surface area (Å²) in [6, 6.07) is 5.82. The molecule has 0 atom stereocenters. The highest BCUT2D eigenvalue weighted by Gasteiger charge is 2.28. The monoisotopic (exact) mass is 472 g/mol. The minimum absolute atomic E-state index is 0.175. The molecule has 0 aromatic heterocycles. The molecule has 1 aromatic rings. The van der Waals surface area contributed by atoms with Gasteiger partial charge in [0.25, 0.3) is 0 Å². The van der Waals surface area contributed by atoms with Crippen molar-refractivity contribution in [3.05, 3.63) is 24.3 Å². The summed E-state index contributed by atoms with van der Waals surface area (Å²) in [6.07, 6.45) is 3.82. The van der Waals surface area contributed by atoms with Crippen molar-refractivity contribution in [2.45, 2.75) is 62.1 Å². The molecular formula is C20H32N4O5S2. The number of carbonyl (C=O) groups is 1. The first-order chi connectivity index (χ1) is 14.6. The third-order valence-corrected chi connectivity index (χ3v) is 9.57. The molecule has 31 heavy (non-hydrogen) atoms. The average molecular weight is 473 g/mol. The fourth-order valence-corrected chi connectivity index (χ4v) is 6.30. The summed E-state index contributed by atoms with van der Waals surface area (Å²) in [4.78, 5) is 14.4. The molecule has 0 unspecified atom stereocenters. The molecule has 0 spiro atoms. The number of nitrogens with one attached hydrogen (secondary N) is 2. The zero-order valence-electron chi connectivity index (χ0n) is 18.1. The van der Waals surface area contributed by atoms with Gasteiger partial charge in [0, 0.05) is 37.9 Å². The van der Waals surface area contributed by atoms with E-state index in [1.807, 2.05) is 0 Å². The van der Waals surface area contributed by atoms with Crippen molar-refractivity contribution in [2.24, 2.45) is 0 Å². The van der Waals surface area contributed by atoms with E-state index in [0.717, 1.165) is 19.3 Å². The fraction of sp³-hybridized carbons (Fsp3) is 0.650. The van der Waals surface area contributed by atoms with E-state index < -0.39 is 25.3 Å². The second-order valence-corrected chi connectivity index (χ2v) is 12.6. The molecule has 0 radical (unpaired) electrons. The van der Waals surface area contributed by atoms with Gasteiger partial charge in [0.15, 0.2) is 0 Å². The lowest BCUT2D eigenvalue weighted by molar-refractivity contribution is 0.193. The summed E-state index contributed by atoms with van der Waals surface area (Å²) in [5.41, 5.74) is 0.422. The molecule has 9 nitrogen and oxygen atoms in total. The van der Waals surface area contributed by atoms with E-state index in [1.165, 1.54) is 10.4 Å². The Morgan fingerprint density at radius 2 is 1.65 bits per heavy atom. The van der Waals surface area contributed by atoms with Crippen LogP contribution in [0, 0.1) is 0 Å². The van der Waals surface area contributed by atoms with E-state index in [2.05, 4.69) is 10.0 Å². The van der Waals surface area contributed by atoms with Gasteiger partial charge in [0.1, 0.15) is 0 Å². The van der Waals surface area contributed by atoms with Gasteiger partial charge in [0.2, 0.25) is 20.0 Å². The van der Waals surface area contributed by atoms with Crippen molar-refractivity contribution in [1.29, 1.82) is 0 Å². The van der Waals surface area contributed by atoms with Crippen molar-refractivity contribution in [2.75, 3.05) is 31.5 Å². The Kier molecular flexibility index (Phi) is 7.61. The van der Waals surface area contributed by atoms with Crippen LogP contribution < -0.4 is 10.0 Å². The maximum Gasteiger partial charge on any atom is 0.321 e. The third-order valence-electron chi connectivity index (χ3n) is 5.77. The number of carbonyl (C=O) groups excluding carboxylic acids is 1. The fourth-order valence-electron chi connectivity index (χ4n) is 3.76. The van der Waals surface area contributed by atoms with Crippen LogP contribution in [0.3, 0.4) is 0 Å². The largest absolute Gasteiger partial charge is 0.324 e. The highest BCUT2D eigenvalue weighted by molar-refractivity contribution is 7.90. The summed E-state index contributed by atoms with van der Waals surface area (Å²) in [7, 11) is -6.92. The number of benzene rings is 1. The van der Waals surface area contributed by atoms with Gasteiger partial charge in [-0.25, -0.2) is 26.4 Å². The molecule has 2 amide bonds. The molecule has 2 saturated heterocycles. The van der Waals surface area contributed by atoms with Crippen LogP contribution >= 0.6 is 0 Å². The van der Waals surface area contributed by atoms with Crippen LogP contribution in [0.5, 0.6) is 0 Å². The van der Waals surface area contributed by atoms with Crippen LogP contribution in [-0.4, -0.2) is 69.5 Å². The summed E-state index contributed by atoms with van der Waals surface area (Å²) in [6.45, 7) is 5.14. The van der Waals surface area contributed by atoms with Crippen molar-refractivity contribution >= 4 is 31.8 Å². The van der Waals surface area contributed by atoms with Crippen LogP contribution in [0.15, 0.2) is 29.2 Å². The van der Waals surface area contributed by atoms with E-state index in [0.29, 0.717) is 44.7 Å². The topological polar surface area (TPSA) is 116 Å². The van der Waals surface area contributed by atoms with E-state index in [-0.39, 0.29) is 17.0 Å². The molecule has 2 aliphatic rings. The van der Waals surface area contributed by atoms with Gasteiger partial charge >= 0.3 is 6.03 Å². The lowest BCUT2D eigenvalue weighted by atomic mass is 10.1. The second-order valence-electron chi connectivity index (χ2n) is 8.40. The lowest BCUT2D eigenvalue weighted by Crippen LogP contribution is -2.48. The van der Waals surface area contributed by atoms with Crippen LogP contribution in [0.1, 0.15) is 46.0 Å². The molecule has 2 heterocycles. The van der Waals surface area contributed by atoms with Gasteiger partial charge in [-0.3, -0.25) is 0 Å². The highest BCUT2D eigenvalue weighted by atomic mass is 32.2. The smallest absolute Gasteiger partial charge is 0.321 e. The maximum atomic E-state index is 12.9. The maximum absolute atomic E-state index is 12.9. The molecule has 1 aromatic carbocycles. The van der Waals surface area contributed by atoms with Gasteiger partial charge in [-0.2, -0.15) is 4.31 Å². The number of urea groups is 1. The van der Waals surface area contributed by atoms with Gasteiger partial charge in [-0.15, -0.1) is 0 Å². The number of likely N-dealkylation sites (tertiary alicyclic amines) is 1. The Labute approximate surface area is 185 Å². The number of nitrogens with zero attached hydrogens (tertiary/aromatic N) is 2. The molecule has 3 rings (SSSR count). The molecule has 2 fully saturated rings. The highest BCUT2D eigenvalue weighted by Crippen LogP contribution is 2.23. The predicted molar refractivity (Wildman–Crippen MR) is 120 cm³/mol. The van der Waals surface area contributed by atoms with Gasteiger partial charge < -0.3 is 10.2 Å². The van der Waals surface area contributed by atoms with Crippen molar-refractivity contribution < 1.29 is 21.6 Å². The average Bonchev–Trinajstić information content (AvgIpc) is 2.74. The molecule has 0 saturated carbocycles. The number of hydrogen-bond acceptors (Lipinski definition) is 5. The molecule has 0 aliphatic carbocycles. The number of sulfonamides is 2. The molecular weight excluding hydrogens is 440 g/mol. The van der Waals surface area contributed by atoms with Gasteiger partial charge in [-0.1, -0.05) is 12.5 Å². The molecule has 0 bridgehead atoms. The van der Waals surface area contributed by atoms with E-state index in [9.17, 15) is 21.6 Å². The number of piperidine rings is 2. The summed E-state index contributed by atoms with van der Waals surface area (Å²) in [5.74, 6) is 0. The lowest BCUT2D eigenvalue weighted by Gasteiger charge is -2.32. The van der Waals surface area contributed by atoms with Crippen LogP contribution in [0.2, 0.25) is 0 Å². The minimum Gasteiger partial charge on any atom is -0.324 e. The molecule has 2 N–H and O–H groups in total. The van der Waals surface area contributed by atoms with Crippen molar-refractivity contribution in [1.82, 2.24) is 13.9 Å². The third kappa shape index (κ3) is 5.97. The quantitative estimate of drug-likeness (QED) is 0.658. The summed E-state index contributed by atoms with van der Waals surface area (Å²) in [5, 5.41) is 2.28. The van der Waals surface area contributed by atoms with Gasteiger partial charge in [0.05, 0.1) is 10.1 Å². The summed E-state index contributed by atoms with van der Waals surface area (Å²) >= 11 is 0.